The Bertz CT molecular complexity index is 1640. The number of hydrogen-bond acceptors (Lipinski definition) is 7. The molecule has 4 rings (SSSR count). The van der Waals surface area contributed by atoms with E-state index in [1.54, 1.807) is 67.6 Å². The number of esters is 1. The van der Waals surface area contributed by atoms with Crippen LogP contribution in [-0.4, -0.2) is 34.4 Å². The number of methoxy groups -OCH3 is 2. The van der Waals surface area contributed by atoms with Crippen molar-refractivity contribution in [2.24, 2.45) is 0 Å². The minimum Gasteiger partial charge on any atom is -0.495 e. The molecule has 0 radical (unpaired) electrons. The van der Waals surface area contributed by atoms with Gasteiger partial charge in [0, 0.05) is 17.2 Å². The van der Waals surface area contributed by atoms with E-state index in [0.717, 1.165) is 0 Å². The summed E-state index contributed by atoms with van der Waals surface area (Å²) in [4.78, 5) is 26.4. The molecule has 0 bridgehead atoms. The molecule has 40 heavy (non-hydrogen) atoms. The van der Waals surface area contributed by atoms with Crippen LogP contribution in [0.2, 0.25) is 5.02 Å². The van der Waals surface area contributed by atoms with Gasteiger partial charge in [-0.3, -0.25) is 9.52 Å². The highest BCUT2D eigenvalue weighted by molar-refractivity contribution is 7.92. The van der Waals surface area contributed by atoms with Crippen LogP contribution in [0.1, 0.15) is 37.9 Å². The van der Waals surface area contributed by atoms with Gasteiger partial charge in [-0.05, 0) is 30.7 Å². The van der Waals surface area contributed by atoms with Crippen molar-refractivity contribution in [3.8, 4) is 11.5 Å². The molecule has 0 aromatic heterocycles. The molecule has 0 saturated heterocycles. The normalized spacial score (nSPS) is 11.8. The van der Waals surface area contributed by atoms with E-state index in [-0.39, 0.29) is 26.9 Å². The standard InChI is InChI=1S/C30H26ClNO7S/c1-19-14-15-22(16-27(19)40(35,36)32-24-17-23(31)25(37-2)18-26(24)38-3)30(34)39-29(21-12-8-5-9-13-21)28(33)20-10-6-4-7-11-20/h4-18,29,32H,1-3H3. The van der Waals surface area contributed by atoms with Gasteiger partial charge in [0.05, 0.1) is 35.4 Å². The van der Waals surface area contributed by atoms with Crippen molar-refractivity contribution in [2.45, 2.75) is 17.9 Å². The van der Waals surface area contributed by atoms with Crippen LogP contribution < -0.4 is 14.2 Å². The molecule has 8 nitrogen and oxygen atoms in total. The number of halogens is 1. The van der Waals surface area contributed by atoms with Gasteiger partial charge in [0.25, 0.3) is 10.0 Å². The van der Waals surface area contributed by atoms with Gasteiger partial charge in [-0.15, -0.1) is 0 Å². The fraction of sp³-hybridized carbons (Fsp3) is 0.133. The summed E-state index contributed by atoms with van der Waals surface area (Å²) in [5.74, 6) is -0.784. The minimum atomic E-state index is -4.21. The zero-order valence-electron chi connectivity index (χ0n) is 21.9. The molecule has 0 amide bonds. The number of anilines is 1. The number of sulfonamides is 1. The molecule has 1 N–H and O–H groups in total. The second-order valence-corrected chi connectivity index (χ2v) is 10.8. The van der Waals surface area contributed by atoms with Crippen molar-refractivity contribution >= 4 is 39.1 Å². The average molecular weight is 580 g/mol. The maximum Gasteiger partial charge on any atom is 0.339 e. The predicted molar refractivity (Wildman–Crippen MR) is 152 cm³/mol. The van der Waals surface area contributed by atoms with E-state index in [0.29, 0.717) is 22.4 Å². The first kappa shape index (κ1) is 28.7. The molecular formula is C30H26ClNO7S. The second-order valence-electron chi connectivity index (χ2n) is 8.70. The second kappa shape index (κ2) is 12.2. The van der Waals surface area contributed by atoms with E-state index >= 15 is 0 Å². The van der Waals surface area contributed by atoms with Crippen molar-refractivity contribution in [2.75, 3.05) is 18.9 Å². The van der Waals surface area contributed by atoms with E-state index in [1.807, 2.05) is 0 Å². The molecule has 0 aliphatic rings. The zero-order chi connectivity index (χ0) is 28.9. The van der Waals surface area contributed by atoms with Crippen molar-refractivity contribution in [3.05, 3.63) is 118 Å². The molecule has 0 heterocycles. The molecule has 0 spiro atoms. The molecule has 0 saturated carbocycles. The number of benzene rings is 4. The van der Waals surface area contributed by atoms with Crippen LogP contribution >= 0.6 is 11.6 Å². The number of carbonyl (C=O) groups is 2. The predicted octanol–water partition coefficient (Wildman–Crippen LogP) is 6.25. The Morgan fingerprint density at radius 1 is 0.800 bits per heavy atom. The maximum absolute atomic E-state index is 13.4. The van der Waals surface area contributed by atoms with Crippen LogP contribution in [0.5, 0.6) is 11.5 Å². The van der Waals surface area contributed by atoms with Gasteiger partial charge in [-0.25, -0.2) is 13.2 Å². The fourth-order valence-corrected chi connectivity index (χ4v) is 5.56. The Balaban J connectivity index is 1.66. The first-order valence-corrected chi connectivity index (χ1v) is 13.9. The van der Waals surface area contributed by atoms with Crippen LogP contribution in [0.15, 0.2) is 95.9 Å². The number of ketones is 1. The number of nitrogens with one attached hydrogen (secondary N) is 1. The smallest absolute Gasteiger partial charge is 0.339 e. The highest BCUT2D eigenvalue weighted by atomic mass is 35.5. The van der Waals surface area contributed by atoms with Crippen molar-refractivity contribution in [3.63, 3.8) is 0 Å². The Morgan fingerprint density at radius 3 is 2.05 bits per heavy atom. The fourth-order valence-electron chi connectivity index (χ4n) is 3.99. The van der Waals surface area contributed by atoms with Gasteiger partial charge in [-0.1, -0.05) is 78.3 Å². The van der Waals surface area contributed by atoms with Crippen LogP contribution in [0.4, 0.5) is 5.69 Å². The van der Waals surface area contributed by atoms with Gasteiger partial charge >= 0.3 is 5.97 Å². The van der Waals surface area contributed by atoms with E-state index < -0.39 is 27.9 Å². The third-order valence-corrected chi connectivity index (χ3v) is 7.86. The van der Waals surface area contributed by atoms with Gasteiger partial charge < -0.3 is 14.2 Å². The van der Waals surface area contributed by atoms with Crippen molar-refractivity contribution in [1.82, 2.24) is 0 Å². The lowest BCUT2D eigenvalue weighted by Crippen LogP contribution is -2.21. The summed E-state index contributed by atoms with van der Waals surface area (Å²) in [5.41, 5.74) is 1.26. The number of Topliss-reactive ketones (excluding diaryl/α,β-unsaturated/α-hetero) is 1. The monoisotopic (exact) mass is 579 g/mol. The summed E-state index contributed by atoms with van der Waals surface area (Å²) in [5, 5.41) is 0.171. The molecular weight excluding hydrogens is 554 g/mol. The van der Waals surface area contributed by atoms with Crippen molar-refractivity contribution in [1.29, 1.82) is 0 Å². The lowest BCUT2D eigenvalue weighted by Gasteiger charge is -2.18. The quantitative estimate of drug-likeness (QED) is 0.175. The first-order valence-electron chi connectivity index (χ1n) is 12.0. The highest BCUT2D eigenvalue weighted by Gasteiger charge is 2.28. The third-order valence-electron chi connectivity index (χ3n) is 6.06. The molecule has 0 aliphatic heterocycles. The number of hydrogen-bond donors (Lipinski definition) is 1. The van der Waals surface area contributed by atoms with Crippen LogP contribution in [-0.2, 0) is 14.8 Å². The lowest BCUT2D eigenvalue weighted by molar-refractivity contribution is 0.0280. The van der Waals surface area contributed by atoms with E-state index in [4.69, 9.17) is 25.8 Å². The molecule has 4 aromatic carbocycles. The number of aryl methyl sites for hydroxylation is 1. The largest absolute Gasteiger partial charge is 0.495 e. The minimum absolute atomic E-state index is 0.0486. The summed E-state index contributed by atoms with van der Waals surface area (Å²) in [6, 6.07) is 24.0. The molecule has 0 aliphatic carbocycles. The Morgan fingerprint density at radius 2 is 1.43 bits per heavy atom. The molecule has 1 unspecified atom stereocenters. The van der Waals surface area contributed by atoms with Crippen LogP contribution in [0, 0.1) is 6.92 Å². The average Bonchev–Trinajstić information content (AvgIpc) is 2.96. The number of rotatable bonds is 10. The summed E-state index contributed by atoms with van der Waals surface area (Å²) in [6.45, 7) is 1.59. The maximum atomic E-state index is 13.4. The Hall–Kier alpha value is -4.34. The van der Waals surface area contributed by atoms with E-state index in [1.165, 1.54) is 44.6 Å². The van der Waals surface area contributed by atoms with E-state index in [9.17, 15) is 18.0 Å². The molecule has 206 valence electrons. The van der Waals surface area contributed by atoms with E-state index in [2.05, 4.69) is 4.72 Å². The van der Waals surface area contributed by atoms with Gasteiger partial charge in [-0.2, -0.15) is 0 Å². The van der Waals surface area contributed by atoms with Crippen molar-refractivity contribution < 1.29 is 32.2 Å². The zero-order valence-corrected chi connectivity index (χ0v) is 23.5. The molecule has 10 heteroatoms. The van der Waals surface area contributed by atoms with Gasteiger partial charge in [0.15, 0.2) is 6.10 Å². The Labute approximate surface area is 237 Å². The molecule has 0 fully saturated rings. The number of ether oxygens (including phenoxy) is 3. The lowest BCUT2D eigenvalue weighted by atomic mass is 9.99. The first-order chi connectivity index (χ1) is 19.1. The number of carbonyl (C=O) groups excluding carboxylic acids is 2. The topological polar surface area (TPSA) is 108 Å². The Kier molecular flexibility index (Phi) is 8.77. The molecule has 1 atom stereocenters. The summed E-state index contributed by atoms with van der Waals surface area (Å²) >= 11 is 6.20. The van der Waals surface area contributed by atoms with Crippen LogP contribution in [0.25, 0.3) is 0 Å². The van der Waals surface area contributed by atoms with Gasteiger partial charge in [0.2, 0.25) is 5.78 Å². The third kappa shape index (κ3) is 6.27. The summed E-state index contributed by atoms with van der Waals surface area (Å²) in [7, 11) is -1.41. The SMILES string of the molecule is COc1cc(OC)c(NS(=O)(=O)c2cc(C(=O)OC(C(=O)c3ccccc3)c3ccccc3)ccc2C)cc1Cl. The van der Waals surface area contributed by atoms with Crippen LogP contribution in [0.3, 0.4) is 0 Å². The molecule has 4 aromatic rings. The highest BCUT2D eigenvalue weighted by Crippen LogP contribution is 2.37. The summed E-state index contributed by atoms with van der Waals surface area (Å²) < 4.78 is 45.4. The summed E-state index contributed by atoms with van der Waals surface area (Å²) in [6.07, 6.45) is -1.23. The van der Waals surface area contributed by atoms with Gasteiger partial charge in [0.1, 0.15) is 11.5 Å².